The summed E-state index contributed by atoms with van der Waals surface area (Å²) in [5, 5.41) is 6.60. The number of hydrogen-bond acceptors (Lipinski definition) is 6. The molecule has 1 fully saturated rings. The van der Waals surface area contributed by atoms with Crippen molar-refractivity contribution in [3.05, 3.63) is 16.0 Å². The number of carbonyl (C=O) groups excluding carboxylic acids is 2. The lowest BCUT2D eigenvalue weighted by molar-refractivity contribution is -0.117. The number of fused-ring (bicyclic) bond motifs is 1. The molecule has 2 heterocycles. The zero-order chi connectivity index (χ0) is 20.5. The van der Waals surface area contributed by atoms with E-state index in [1.165, 1.54) is 4.88 Å². The molecular formula is C21H32N2O5S. The largest absolute Gasteiger partial charge is 0.385 e. The lowest BCUT2D eigenvalue weighted by atomic mass is 9.95. The molecule has 1 atom stereocenters. The van der Waals surface area contributed by atoms with Crippen molar-refractivity contribution in [3.63, 3.8) is 0 Å². The van der Waals surface area contributed by atoms with E-state index in [-0.39, 0.29) is 24.3 Å². The van der Waals surface area contributed by atoms with Crippen LogP contribution in [0.25, 0.3) is 0 Å². The number of nitrogens with one attached hydrogen (secondary N) is 2. The first-order valence-electron chi connectivity index (χ1n) is 10.6. The number of ether oxygens (including phenoxy) is 3. The molecule has 1 saturated heterocycles. The van der Waals surface area contributed by atoms with Gasteiger partial charge in [0.15, 0.2) is 0 Å². The van der Waals surface area contributed by atoms with Crippen LogP contribution in [0, 0.1) is 0 Å². The van der Waals surface area contributed by atoms with Crippen LogP contribution in [0.3, 0.4) is 0 Å². The maximum atomic E-state index is 12.8. The second-order valence-electron chi connectivity index (χ2n) is 7.53. The fourth-order valence-corrected chi connectivity index (χ4v) is 5.05. The van der Waals surface area contributed by atoms with Crippen molar-refractivity contribution in [2.45, 2.75) is 57.5 Å². The van der Waals surface area contributed by atoms with Crippen LogP contribution in [0.15, 0.2) is 0 Å². The second-order valence-corrected chi connectivity index (χ2v) is 8.63. The number of hydrogen-bond donors (Lipinski definition) is 2. The van der Waals surface area contributed by atoms with Gasteiger partial charge in [0.2, 0.25) is 5.91 Å². The van der Waals surface area contributed by atoms with Crippen LogP contribution in [-0.4, -0.2) is 58.0 Å². The first kappa shape index (κ1) is 22.2. The molecule has 2 aliphatic rings. The van der Waals surface area contributed by atoms with E-state index in [1.54, 1.807) is 18.4 Å². The Labute approximate surface area is 176 Å². The average Bonchev–Trinajstić information content (AvgIpc) is 3.35. The van der Waals surface area contributed by atoms with E-state index in [9.17, 15) is 9.59 Å². The number of methoxy groups -OCH3 is 1. The summed E-state index contributed by atoms with van der Waals surface area (Å²) in [5.74, 6) is -0.227. The van der Waals surface area contributed by atoms with Crippen LogP contribution in [0.2, 0.25) is 0 Å². The first-order valence-corrected chi connectivity index (χ1v) is 11.4. The Bertz CT molecular complexity index is 685. The molecule has 3 rings (SSSR count). The van der Waals surface area contributed by atoms with E-state index in [0.29, 0.717) is 36.9 Å². The number of rotatable bonds is 11. The Morgan fingerprint density at radius 1 is 1.21 bits per heavy atom. The Morgan fingerprint density at radius 3 is 2.86 bits per heavy atom. The predicted molar refractivity (Wildman–Crippen MR) is 113 cm³/mol. The lowest BCUT2D eigenvalue weighted by Gasteiger charge is -2.13. The molecule has 0 spiro atoms. The van der Waals surface area contributed by atoms with Crippen molar-refractivity contribution in [2.24, 2.45) is 0 Å². The maximum Gasteiger partial charge on any atom is 0.254 e. The van der Waals surface area contributed by atoms with Gasteiger partial charge in [-0.1, -0.05) is 0 Å². The van der Waals surface area contributed by atoms with Crippen molar-refractivity contribution >= 4 is 28.2 Å². The maximum absolute atomic E-state index is 12.8. The number of carbonyl (C=O) groups is 2. The van der Waals surface area contributed by atoms with Gasteiger partial charge < -0.3 is 24.8 Å². The van der Waals surface area contributed by atoms with Gasteiger partial charge in [-0.2, -0.15) is 0 Å². The highest BCUT2D eigenvalue weighted by Crippen LogP contribution is 2.38. The number of thiophene rings is 1. The van der Waals surface area contributed by atoms with Gasteiger partial charge in [-0.25, -0.2) is 0 Å². The van der Waals surface area contributed by atoms with E-state index in [1.807, 2.05) is 0 Å². The summed E-state index contributed by atoms with van der Waals surface area (Å²) < 4.78 is 16.1. The molecule has 2 amide bonds. The molecule has 0 saturated carbocycles. The lowest BCUT2D eigenvalue weighted by Crippen LogP contribution is -2.27. The molecule has 0 radical (unpaired) electrons. The molecule has 1 aromatic heterocycles. The summed E-state index contributed by atoms with van der Waals surface area (Å²) in [5.41, 5.74) is 1.76. The number of aryl methyl sites for hydroxylation is 1. The predicted octanol–water partition coefficient (Wildman–Crippen LogP) is 2.92. The van der Waals surface area contributed by atoms with Crippen molar-refractivity contribution in [1.82, 2.24) is 5.32 Å². The van der Waals surface area contributed by atoms with Gasteiger partial charge in [0.1, 0.15) is 5.00 Å². The van der Waals surface area contributed by atoms with Gasteiger partial charge in [0, 0.05) is 31.7 Å². The van der Waals surface area contributed by atoms with E-state index >= 15 is 0 Å². The van der Waals surface area contributed by atoms with Crippen LogP contribution < -0.4 is 10.6 Å². The molecule has 0 aromatic carbocycles. The normalized spacial score (nSPS) is 18.4. The second kappa shape index (κ2) is 11.6. The molecule has 0 bridgehead atoms. The minimum absolute atomic E-state index is 0.106. The zero-order valence-corrected chi connectivity index (χ0v) is 18.0. The minimum atomic E-state index is -0.121. The number of amides is 2. The molecule has 1 aromatic rings. The molecule has 1 aliphatic heterocycles. The van der Waals surface area contributed by atoms with Gasteiger partial charge in [-0.05, 0) is 50.5 Å². The monoisotopic (exact) mass is 424 g/mol. The summed E-state index contributed by atoms with van der Waals surface area (Å²) >= 11 is 1.54. The van der Waals surface area contributed by atoms with Gasteiger partial charge in [0.25, 0.3) is 5.91 Å². The zero-order valence-electron chi connectivity index (χ0n) is 17.2. The summed E-state index contributed by atoms with van der Waals surface area (Å²) in [6.45, 7) is 2.86. The summed E-state index contributed by atoms with van der Waals surface area (Å²) in [7, 11) is 1.65. The van der Waals surface area contributed by atoms with Gasteiger partial charge >= 0.3 is 0 Å². The van der Waals surface area contributed by atoms with Crippen molar-refractivity contribution in [3.8, 4) is 0 Å². The average molecular weight is 425 g/mol. The van der Waals surface area contributed by atoms with Gasteiger partial charge in [0.05, 0.1) is 31.3 Å². The van der Waals surface area contributed by atoms with Crippen LogP contribution in [0.5, 0.6) is 0 Å². The minimum Gasteiger partial charge on any atom is -0.385 e. The highest BCUT2D eigenvalue weighted by Gasteiger charge is 2.26. The fourth-order valence-electron chi connectivity index (χ4n) is 3.75. The van der Waals surface area contributed by atoms with E-state index in [0.717, 1.165) is 57.1 Å². The smallest absolute Gasteiger partial charge is 0.254 e. The Kier molecular flexibility index (Phi) is 8.92. The SMILES string of the molecule is COCCCNC(=O)c1c(NC(=O)CCOCC2CCCO2)sc2c1CCCC2. The number of anilines is 1. The Hall–Kier alpha value is -1.48. The third-order valence-corrected chi connectivity index (χ3v) is 6.47. The molecule has 1 aliphatic carbocycles. The standard InChI is InChI=1S/C21H32N2O5S/c1-26-11-5-10-22-20(25)19-16-7-2-3-8-17(16)29-21(19)23-18(24)9-13-27-14-15-6-4-12-28-15/h15H,2-14H2,1H3,(H,22,25)(H,23,24). The molecular weight excluding hydrogens is 392 g/mol. The van der Waals surface area contributed by atoms with Crippen molar-refractivity contribution in [2.75, 3.05) is 45.4 Å². The van der Waals surface area contributed by atoms with Crippen LogP contribution in [-0.2, 0) is 31.8 Å². The molecule has 7 nitrogen and oxygen atoms in total. The van der Waals surface area contributed by atoms with E-state index in [4.69, 9.17) is 14.2 Å². The van der Waals surface area contributed by atoms with Gasteiger partial charge in [-0.15, -0.1) is 11.3 Å². The molecule has 8 heteroatoms. The van der Waals surface area contributed by atoms with Crippen molar-refractivity contribution < 1.29 is 23.8 Å². The summed E-state index contributed by atoms with van der Waals surface area (Å²) in [6, 6.07) is 0. The van der Waals surface area contributed by atoms with Gasteiger partial charge in [-0.3, -0.25) is 9.59 Å². The molecule has 29 heavy (non-hydrogen) atoms. The summed E-state index contributed by atoms with van der Waals surface area (Å²) in [4.78, 5) is 26.5. The highest BCUT2D eigenvalue weighted by atomic mass is 32.1. The first-order chi connectivity index (χ1) is 14.2. The topological polar surface area (TPSA) is 85.9 Å². The third kappa shape index (κ3) is 6.50. The van der Waals surface area contributed by atoms with Crippen LogP contribution >= 0.6 is 11.3 Å². The quantitative estimate of drug-likeness (QED) is 0.534. The van der Waals surface area contributed by atoms with E-state index in [2.05, 4.69) is 10.6 Å². The Balaban J connectivity index is 1.54. The van der Waals surface area contributed by atoms with Crippen LogP contribution in [0.4, 0.5) is 5.00 Å². The molecule has 1 unspecified atom stereocenters. The Morgan fingerprint density at radius 2 is 2.07 bits per heavy atom. The third-order valence-electron chi connectivity index (χ3n) is 5.26. The highest BCUT2D eigenvalue weighted by molar-refractivity contribution is 7.17. The van der Waals surface area contributed by atoms with Crippen molar-refractivity contribution in [1.29, 1.82) is 0 Å². The summed E-state index contributed by atoms with van der Waals surface area (Å²) in [6.07, 6.45) is 7.38. The van der Waals surface area contributed by atoms with E-state index < -0.39 is 0 Å². The van der Waals surface area contributed by atoms with Crippen LogP contribution in [0.1, 0.15) is 59.3 Å². The molecule has 162 valence electrons. The molecule has 2 N–H and O–H groups in total. The fraction of sp³-hybridized carbons (Fsp3) is 0.714.